The van der Waals surface area contributed by atoms with Gasteiger partial charge in [-0.25, -0.2) is 9.40 Å². The molecule has 0 radical (unpaired) electrons. The Hall–Kier alpha value is -2.20. The SMILES string of the molecule is Fc1ccc(N2C(c3ccncc3)=CCN2C2CCCC2)cc1. The lowest BCUT2D eigenvalue weighted by atomic mass is 10.2. The summed E-state index contributed by atoms with van der Waals surface area (Å²) < 4.78 is 13.3. The first-order chi connectivity index (χ1) is 11.3. The first kappa shape index (κ1) is 14.4. The highest BCUT2D eigenvalue weighted by Crippen LogP contribution is 2.36. The average molecular weight is 309 g/mol. The molecule has 118 valence electrons. The van der Waals surface area contributed by atoms with Gasteiger partial charge in [-0.15, -0.1) is 0 Å². The Balaban J connectivity index is 1.72. The van der Waals surface area contributed by atoms with E-state index in [1.165, 1.54) is 37.8 Å². The molecule has 2 aliphatic rings. The van der Waals surface area contributed by atoms with Crippen LogP contribution in [0.5, 0.6) is 0 Å². The molecule has 1 fully saturated rings. The molecular weight excluding hydrogens is 289 g/mol. The molecule has 2 aromatic rings. The molecular formula is C19H20FN3. The highest BCUT2D eigenvalue weighted by atomic mass is 19.1. The Bertz CT molecular complexity index is 690. The number of hydrogen-bond acceptors (Lipinski definition) is 3. The molecule has 0 bridgehead atoms. The summed E-state index contributed by atoms with van der Waals surface area (Å²) in [6.45, 7) is 0.902. The molecule has 0 unspecified atom stereocenters. The van der Waals surface area contributed by atoms with Crippen molar-refractivity contribution < 1.29 is 4.39 Å². The number of hydrogen-bond donors (Lipinski definition) is 0. The topological polar surface area (TPSA) is 19.4 Å². The van der Waals surface area contributed by atoms with Crippen LogP contribution in [0.25, 0.3) is 5.70 Å². The van der Waals surface area contributed by atoms with Crippen LogP contribution in [-0.2, 0) is 0 Å². The minimum atomic E-state index is -0.199. The maximum Gasteiger partial charge on any atom is 0.123 e. The normalized spacial score (nSPS) is 19.3. The second-order valence-corrected chi connectivity index (χ2v) is 6.17. The number of aromatic nitrogens is 1. The number of halogens is 1. The summed E-state index contributed by atoms with van der Waals surface area (Å²) in [6, 6.07) is 11.4. The number of pyridine rings is 1. The van der Waals surface area contributed by atoms with Crippen molar-refractivity contribution in [1.82, 2.24) is 9.99 Å². The van der Waals surface area contributed by atoms with Crippen LogP contribution in [0.1, 0.15) is 31.2 Å². The Morgan fingerprint density at radius 2 is 1.65 bits per heavy atom. The quantitative estimate of drug-likeness (QED) is 0.845. The van der Waals surface area contributed by atoms with Gasteiger partial charge in [0.15, 0.2) is 0 Å². The van der Waals surface area contributed by atoms with Gasteiger partial charge >= 0.3 is 0 Å². The van der Waals surface area contributed by atoms with Crippen LogP contribution in [0.15, 0.2) is 54.9 Å². The summed E-state index contributed by atoms with van der Waals surface area (Å²) in [7, 11) is 0. The predicted molar refractivity (Wildman–Crippen MR) is 90.1 cm³/mol. The van der Waals surface area contributed by atoms with Crippen molar-refractivity contribution >= 4 is 11.4 Å². The summed E-state index contributed by atoms with van der Waals surface area (Å²) in [5.74, 6) is -0.199. The van der Waals surface area contributed by atoms with Crippen molar-refractivity contribution in [2.75, 3.05) is 11.6 Å². The van der Waals surface area contributed by atoms with Crippen LogP contribution >= 0.6 is 0 Å². The van der Waals surface area contributed by atoms with Crippen molar-refractivity contribution in [1.29, 1.82) is 0 Å². The average Bonchev–Trinajstić information content (AvgIpc) is 3.25. The summed E-state index contributed by atoms with van der Waals surface area (Å²) in [5, 5.41) is 4.68. The van der Waals surface area contributed by atoms with Crippen molar-refractivity contribution in [2.24, 2.45) is 0 Å². The van der Waals surface area contributed by atoms with E-state index in [2.05, 4.69) is 21.1 Å². The molecule has 4 rings (SSSR count). The monoisotopic (exact) mass is 309 g/mol. The van der Waals surface area contributed by atoms with Gasteiger partial charge in [-0.05, 0) is 55.3 Å². The third-order valence-electron chi connectivity index (χ3n) is 4.75. The lowest BCUT2D eigenvalue weighted by molar-refractivity contribution is 0.236. The fraction of sp³-hybridized carbons (Fsp3) is 0.316. The summed E-state index contributed by atoms with van der Waals surface area (Å²) >= 11 is 0. The van der Waals surface area contributed by atoms with Crippen LogP contribution in [0.4, 0.5) is 10.1 Å². The molecule has 1 aliphatic heterocycles. The first-order valence-corrected chi connectivity index (χ1v) is 8.26. The molecule has 0 atom stereocenters. The molecule has 1 saturated carbocycles. The van der Waals surface area contributed by atoms with Crippen molar-refractivity contribution in [3.05, 3.63) is 66.2 Å². The van der Waals surface area contributed by atoms with E-state index in [-0.39, 0.29) is 5.82 Å². The van der Waals surface area contributed by atoms with Crippen LogP contribution in [0.2, 0.25) is 0 Å². The first-order valence-electron chi connectivity index (χ1n) is 8.26. The van der Waals surface area contributed by atoms with E-state index in [0.29, 0.717) is 6.04 Å². The maximum atomic E-state index is 13.3. The summed E-state index contributed by atoms with van der Waals surface area (Å²) in [6.07, 6.45) is 10.9. The number of nitrogens with zero attached hydrogens (tertiary/aromatic N) is 3. The van der Waals surface area contributed by atoms with E-state index in [9.17, 15) is 4.39 Å². The Labute approximate surface area is 136 Å². The van der Waals surface area contributed by atoms with E-state index < -0.39 is 0 Å². The van der Waals surface area contributed by atoms with Gasteiger partial charge in [0.1, 0.15) is 5.82 Å². The van der Waals surface area contributed by atoms with Crippen LogP contribution in [-0.4, -0.2) is 22.6 Å². The van der Waals surface area contributed by atoms with Crippen LogP contribution in [0, 0.1) is 5.82 Å². The Morgan fingerprint density at radius 3 is 2.35 bits per heavy atom. The fourth-order valence-corrected chi connectivity index (χ4v) is 3.63. The third-order valence-corrected chi connectivity index (χ3v) is 4.75. The summed E-state index contributed by atoms with van der Waals surface area (Å²) in [5.41, 5.74) is 3.31. The highest BCUT2D eigenvalue weighted by molar-refractivity contribution is 5.80. The standard InChI is InChI=1S/C19H20FN3/c20-16-5-7-18(8-6-16)23-19(15-9-12-21-13-10-15)11-14-22(23)17-3-1-2-4-17/h5-13,17H,1-4,14H2. The molecule has 0 spiro atoms. The zero-order valence-electron chi connectivity index (χ0n) is 13.0. The molecule has 0 amide bonds. The fourth-order valence-electron chi connectivity index (χ4n) is 3.63. The number of rotatable bonds is 3. The van der Waals surface area contributed by atoms with Gasteiger partial charge in [0.05, 0.1) is 11.4 Å². The predicted octanol–water partition coefficient (Wildman–Crippen LogP) is 4.24. The second-order valence-electron chi connectivity index (χ2n) is 6.17. The van der Waals surface area contributed by atoms with Gasteiger partial charge < -0.3 is 0 Å². The number of anilines is 1. The number of hydrazine groups is 1. The molecule has 1 aromatic heterocycles. The molecule has 23 heavy (non-hydrogen) atoms. The smallest absolute Gasteiger partial charge is 0.123 e. The lowest BCUT2D eigenvalue weighted by Gasteiger charge is -2.36. The van der Waals surface area contributed by atoms with E-state index in [1.807, 2.05) is 36.7 Å². The Kier molecular flexibility index (Phi) is 3.83. The maximum absolute atomic E-state index is 13.3. The summed E-state index contributed by atoms with van der Waals surface area (Å²) in [4.78, 5) is 4.11. The number of benzene rings is 1. The largest absolute Gasteiger partial charge is 0.274 e. The zero-order valence-corrected chi connectivity index (χ0v) is 13.0. The van der Waals surface area contributed by atoms with Gasteiger partial charge in [0, 0.05) is 30.5 Å². The van der Waals surface area contributed by atoms with Crippen LogP contribution < -0.4 is 5.01 Å². The minimum Gasteiger partial charge on any atom is -0.274 e. The molecule has 4 heteroatoms. The third kappa shape index (κ3) is 2.75. The van der Waals surface area contributed by atoms with E-state index >= 15 is 0 Å². The van der Waals surface area contributed by atoms with E-state index in [0.717, 1.165) is 23.5 Å². The molecule has 2 heterocycles. The van der Waals surface area contributed by atoms with Gasteiger partial charge in [-0.1, -0.05) is 12.8 Å². The van der Waals surface area contributed by atoms with Crippen molar-refractivity contribution in [2.45, 2.75) is 31.7 Å². The van der Waals surface area contributed by atoms with E-state index in [1.54, 1.807) is 0 Å². The van der Waals surface area contributed by atoms with Gasteiger partial charge in [-0.3, -0.25) is 9.99 Å². The highest BCUT2D eigenvalue weighted by Gasteiger charge is 2.33. The van der Waals surface area contributed by atoms with Crippen LogP contribution in [0.3, 0.4) is 0 Å². The lowest BCUT2D eigenvalue weighted by Crippen LogP contribution is -2.43. The molecule has 1 aliphatic carbocycles. The van der Waals surface area contributed by atoms with Gasteiger partial charge in [0.2, 0.25) is 0 Å². The molecule has 0 N–H and O–H groups in total. The van der Waals surface area contributed by atoms with Crippen molar-refractivity contribution in [3.8, 4) is 0 Å². The van der Waals surface area contributed by atoms with Gasteiger partial charge in [-0.2, -0.15) is 0 Å². The Morgan fingerprint density at radius 1 is 0.957 bits per heavy atom. The van der Waals surface area contributed by atoms with Crippen molar-refractivity contribution in [3.63, 3.8) is 0 Å². The molecule has 0 saturated heterocycles. The van der Waals surface area contributed by atoms with Gasteiger partial charge in [0.25, 0.3) is 0 Å². The second kappa shape index (κ2) is 6.13. The molecule has 1 aromatic carbocycles. The van der Waals surface area contributed by atoms with E-state index in [4.69, 9.17) is 0 Å². The zero-order chi connectivity index (χ0) is 15.6. The minimum absolute atomic E-state index is 0.199. The molecule has 3 nitrogen and oxygen atoms in total.